The molecule has 0 aromatic heterocycles. The van der Waals surface area contributed by atoms with E-state index in [-0.39, 0.29) is 11.8 Å². The number of nitrogens with zero attached hydrogens (tertiary/aromatic N) is 1. The molecule has 0 spiro atoms. The van der Waals surface area contributed by atoms with Crippen molar-refractivity contribution in [1.82, 2.24) is 4.90 Å². The number of rotatable bonds is 5. The molecule has 1 heterocycles. The van der Waals surface area contributed by atoms with Crippen molar-refractivity contribution in [2.45, 2.75) is 32.1 Å². The van der Waals surface area contributed by atoms with E-state index in [4.69, 9.17) is 5.73 Å². The van der Waals surface area contributed by atoms with Gasteiger partial charge in [0.15, 0.2) is 0 Å². The summed E-state index contributed by atoms with van der Waals surface area (Å²) in [5, 5.41) is 2.89. The first-order chi connectivity index (χ1) is 12.6. The van der Waals surface area contributed by atoms with E-state index in [1.54, 1.807) is 12.1 Å². The van der Waals surface area contributed by atoms with Gasteiger partial charge in [-0.05, 0) is 49.4 Å². The van der Waals surface area contributed by atoms with Crippen LogP contribution >= 0.6 is 0 Å². The second kappa shape index (κ2) is 8.52. The second-order valence-electron chi connectivity index (χ2n) is 6.65. The summed E-state index contributed by atoms with van der Waals surface area (Å²) in [4.78, 5) is 27.0. The zero-order chi connectivity index (χ0) is 18.4. The summed E-state index contributed by atoms with van der Waals surface area (Å²) in [6.07, 6.45) is 4.14. The van der Waals surface area contributed by atoms with Crippen molar-refractivity contribution in [2.75, 3.05) is 24.1 Å². The van der Waals surface area contributed by atoms with Gasteiger partial charge in [0.1, 0.15) is 0 Å². The van der Waals surface area contributed by atoms with Gasteiger partial charge in [0.2, 0.25) is 5.91 Å². The number of anilines is 2. The Bertz CT molecular complexity index is 782. The second-order valence-corrected chi connectivity index (χ2v) is 6.65. The number of hydrogen-bond donors (Lipinski definition) is 2. The number of nitrogens with two attached hydrogens (primary N) is 1. The highest BCUT2D eigenvalue weighted by atomic mass is 16.2. The lowest BCUT2D eigenvalue weighted by Crippen LogP contribution is -2.36. The average molecular weight is 351 g/mol. The van der Waals surface area contributed by atoms with E-state index in [1.165, 1.54) is 6.42 Å². The molecule has 1 saturated heterocycles. The van der Waals surface area contributed by atoms with Gasteiger partial charge in [0.25, 0.3) is 5.91 Å². The van der Waals surface area contributed by atoms with Crippen LogP contribution in [0.5, 0.6) is 0 Å². The molecule has 0 unspecified atom stereocenters. The highest BCUT2D eigenvalue weighted by molar-refractivity contribution is 6.03. The maximum atomic E-state index is 12.8. The molecule has 0 saturated carbocycles. The first kappa shape index (κ1) is 18.0. The summed E-state index contributed by atoms with van der Waals surface area (Å²) in [6, 6.07) is 14.8. The molecule has 0 radical (unpaired) electrons. The van der Waals surface area contributed by atoms with Crippen LogP contribution in [0.15, 0.2) is 48.5 Å². The lowest BCUT2D eigenvalue weighted by atomic mass is 10.1. The highest BCUT2D eigenvalue weighted by Crippen LogP contribution is 2.21. The molecule has 1 fully saturated rings. The topological polar surface area (TPSA) is 75.4 Å². The Hall–Kier alpha value is -2.82. The molecule has 0 atom stereocenters. The molecule has 3 rings (SSSR count). The summed E-state index contributed by atoms with van der Waals surface area (Å²) in [5.74, 6) is -0.125. The van der Waals surface area contributed by atoms with Crippen LogP contribution in [0.3, 0.4) is 0 Å². The molecular formula is C21H25N3O2. The lowest BCUT2D eigenvalue weighted by Gasteiger charge is -2.27. The van der Waals surface area contributed by atoms with E-state index < -0.39 is 0 Å². The zero-order valence-electron chi connectivity index (χ0n) is 14.9. The number of carbonyl (C=O) groups is 2. The van der Waals surface area contributed by atoms with Crippen LogP contribution in [0.1, 0.15) is 41.6 Å². The Morgan fingerprint density at radius 1 is 0.962 bits per heavy atom. The number of nitrogen functional groups attached to an aromatic ring is 1. The molecule has 5 heteroatoms. The number of hydrogen-bond acceptors (Lipinski definition) is 3. The number of amides is 2. The largest absolute Gasteiger partial charge is 0.399 e. The van der Waals surface area contributed by atoms with E-state index in [9.17, 15) is 9.59 Å². The van der Waals surface area contributed by atoms with E-state index in [2.05, 4.69) is 5.32 Å². The van der Waals surface area contributed by atoms with E-state index in [0.717, 1.165) is 31.5 Å². The number of nitrogens with one attached hydrogen (secondary N) is 1. The van der Waals surface area contributed by atoms with Crippen LogP contribution in [0, 0.1) is 0 Å². The lowest BCUT2D eigenvalue weighted by molar-refractivity contribution is -0.116. The molecule has 5 nitrogen and oxygen atoms in total. The zero-order valence-corrected chi connectivity index (χ0v) is 14.9. The summed E-state index contributed by atoms with van der Waals surface area (Å²) in [5.41, 5.74) is 8.71. The third kappa shape index (κ3) is 4.42. The molecular weight excluding hydrogens is 326 g/mol. The molecule has 0 bridgehead atoms. The quantitative estimate of drug-likeness (QED) is 0.810. The molecule has 136 valence electrons. The van der Waals surface area contributed by atoms with Crippen molar-refractivity contribution in [1.29, 1.82) is 0 Å². The molecule has 0 aliphatic carbocycles. The Morgan fingerprint density at radius 3 is 2.42 bits per heavy atom. The third-order valence-electron chi connectivity index (χ3n) is 4.75. The van der Waals surface area contributed by atoms with Gasteiger partial charge in [0, 0.05) is 25.2 Å². The van der Waals surface area contributed by atoms with Gasteiger partial charge in [-0.1, -0.05) is 30.3 Å². The number of carbonyl (C=O) groups excluding carboxylic acids is 2. The van der Waals surface area contributed by atoms with Crippen molar-refractivity contribution in [2.24, 2.45) is 0 Å². The standard InChI is InChI=1S/C21H25N3O2/c22-18-10-4-2-8-16(18)12-13-20(25)23-19-11-5-3-9-17(19)21(26)24-14-6-1-7-15-24/h2-5,8-11H,1,6-7,12-15,22H2,(H,23,25). The van der Waals surface area contributed by atoms with Crippen molar-refractivity contribution in [3.63, 3.8) is 0 Å². The number of piperidine rings is 1. The molecule has 2 aromatic carbocycles. The number of para-hydroxylation sites is 2. The van der Waals surface area contributed by atoms with E-state index in [0.29, 0.717) is 29.8 Å². The predicted octanol–water partition coefficient (Wildman–Crippen LogP) is 3.47. The van der Waals surface area contributed by atoms with Crippen LogP contribution in [0.2, 0.25) is 0 Å². The van der Waals surface area contributed by atoms with Gasteiger partial charge in [-0.3, -0.25) is 9.59 Å². The Labute approximate surface area is 154 Å². The highest BCUT2D eigenvalue weighted by Gasteiger charge is 2.21. The Morgan fingerprint density at radius 2 is 1.65 bits per heavy atom. The van der Waals surface area contributed by atoms with E-state index in [1.807, 2.05) is 41.3 Å². The fourth-order valence-corrected chi connectivity index (χ4v) is 3.27. The van der Waals surface area contributed by atoms with Crippen LogP contribution in [0.4, 0.5) is 11.4 Å². The molecule has 2 aromatic rings. The first-order valence-corrected chi connectivity index (χ1v) is 9.16. The van der Waals surface area contributed by atoms with Gasteiger partial charge in [-0.2, -0.15) is 0 Å². The minimum Gasteiger partial charge on any atom is -0.399 e. The first-order valence-electron chi connectivity index (χ1n) is 9.16. The van der Waals surface area contributed by atoms with Crippen molar-refractivity contribution >= 4 is 23.2 Å². The van der Waals surface area contributed by atoms with Gasteiger partial charge >= 0.3 is 0 Å². The molecule has 1 aliphatic rings. The van der Waals surface area contributed by atoms with Gasteiger partial charge in [-0.15, -0.1) is 0 Å². The smallest absolute Gasteiger partial charge is 0.255 e. The number of aryl methyl sites for hydroxylation is 1. The van der Waals surface area contributed by atoms with Gasteiger partial charge < -0.3 is 16.0 Å². The Balaban J connectivity index is 1.65. The van der Waals surface area contributed by atoms with Gasteiger partial charge in [0.05, 0.1) is 11.3 Å². The van der Waals surface area contributed by atoms with Crippen LogP contribution in [-0.4, -0.2) is 29.8 Å². The normalized spacial score (nSPS) is 14.1. The number of benzene rings is 2. The van der Waals surface area contributed by atoms with E-state index >= 15 is 0 Å². The molecule has 3 N–H and O–H groups in total. The SMILES string of the molecule is Nc1ccccc1CCC(=O)Nc1ccccc1C(=O)N1CCCCC1. The fraction of sp³-hybridized carbons (Fsp3) is 0.333. The Kier molecular flexibility index (Phi) is 5.89. The summed E-state index contributed by atoms with van der Waals surface area (Å²) < 4.78 is 0. The van der Waals surface area contributed by atoms with Crippen molar-refractivity contribution in [3.05, 3.63) is 59.7 Å². The summed E-state index contributed by atoms with van der Waals surface area (Å²) in [7, 11) is 0. The minimum absolute atomic E-state index is 0.00657. The summed E-state index contributed by atoms with van der Waals surface area (Å²) >= 11 is 0. The van der Waals surface area contributed by atoms with Gasteiger partial charge in [-0.25, -0.2) is 0 Å². The summed E-state index contributed by atoms with van der Waals surface area (Å²) in [6.45, 7) is 1.57. The van der Waals surface area contributed by atoms with Crippen molar-refractivity contribution < 1.29 is 9.59 Å². The maximum absolute atomic E-state index is 12.8. The fourth-order valence-electron chi connectivity index (χ4n) is 3.27. The molecule has 2 amide bonds. The average Bonchev–Trinajstić information content (AvgIpc) is 2.68. The van der Waals surface area contributed by atoms with Crippen LogP contribution in [0.25, 0.3) is 0 Å². The minimum atomic E-state index is -0.118. The van der Waals surface area contributed by atoms with Crippen LogP contribution < -0.4 is 11.1 Å². The predicted molar refractivity (Wildman–Crippen MR) is 104 cm³/mol. The monoisotopic (exact) mass is 351 g/mol. The third-order valence-corrected chi connectivity index (χ3v) is 4.75. The van der Waals surface area contributed by atoms with Crippen molar-refractivity contribution in [3.8, 4) is 0 Å². The maximum Gasteiger partial charge on any atom is 0.255 e. The molecule has 26 heavy (non-hydrogen) atoms. The number of likely N-dealkylation sites (tertiary alicyclic amines) is 1. The molecule has 1 aliphatic heterocycles. The van der Waals surface area contributed by atoms with Crippen LogP contribution in [-0.2, 0) is 11.2 Å².